The lowest BCUT2D eigenvalue weighted by Gasteiger charge is -2.03. The lowest BCUT2D eigenvalue weighted by atomic mass is 10.1. The van der Waals surface area contributed by atoms with Crippen molar-refractivity contribution in [2.24, 2.45) is 15.3 Å². The molecule has 2 N–H and O–H groups in total. The zero-order chi connectivity index (χ0) is 14.7. The fourth-order valence-electron chi connectivity index (χ4n) is 1.85. The molecule has 2 aromatic rings. The molecule has 1 aromatic heterocycles. The molecule has 21 heavy (non-hydrogen) atoms. The van der Waals surface area contributed by atoms with Crippen LogP contribution in [0, 0.1) is 0 Å². The van der Waals surface area contributed by atoms with Gasteiger partial charge in [-0.2, -0.15) is 15.3 Å². The van der Waals surface area contributed by atoms with Crippen LogP contribution in [0.3, 0.4) is 0 Å². The largest absolute Gasteiger partial charge is 0.508 e. The van der Waals surface area contributed by atoms with E-state index >= 15 is 0 Å². The topological polar surface area (TPSA) is 99.3 Å². The second-order valence-corrected chi connectivity index (χ2v) is 4.35. The van der Waals surface area contributed by atoms with Gasteiger partial charge in [-0.25, -0.2) is 5.43 Å². The summed E-state index contributed by atoms with van der Waals surface area (Å²) >= 11 is 0. The smallest absolute Gasteiger partial charge is 0.273 e. The molecule has 1 unspecified atom stereocenters. The number of hydrogen-bond acceptors (Lipinski definition) is 6. The Hall–Kier alpha value is -3.09. The summed E-state index contributed by atoms with van der Waals surface area (Å²) in [5.41, 5.74) is 4.13. The quantitative estimate of drug-likeness (QED) is 0.838. The number of carbonyl (C=O) groups is 1. The molecular weight excluding hydrogens is 270 g/mol. The highest BCUT2D eigenvalue weighted by Crippen LogP contribution is 2.19. The van der Waals surface area contributed by atoms with E-state index in [1.807, 2.05) is 0 Å². The molecule has 1 aromatic carbocycles. The van der Waals surface area contributed by atoms with Crippen LogP contribution >= 0.6 is 0 Å². The van der Waals surface area contributed by atoms with E-state index in [-0.39, 0.29) is 11.7 Å². The molecule has 0 aliphatic carbocycles. The number of nitrogens with one attached hydrogen (secondary N) is 1. The first-order valence-corrected chi connectivity index (χ1v) is 6.22. The van der Waals surface area contributed by atoms with Crippen molar-refractivity contribution in [2.45, 2.75) is 6.04 Å². The Morgan fingerprint density at radius 2 is 2.00 bits per heavy atom. The third-order valence-corrected chi connectivity index (χ3v) is 2.89. The van der Waals surface area contributed by atoms with Crippen LogP contribution < -0.4 is 5.43 Å². The van der Waals surface area contributed by atoms with Crippen LogP contribution in [0.2, 0.25) is 0 Å². The maximum Gasteiger partial charge on any atom is 0.273 e. The third kappa shape index (κ3) is 2.76. The van der Waals surface area contributed by atoms with E-state index in [0.717, 1.165) is 0 Å². The Morgan fingerprint density at radius 3 is 2.71 bits per heavy atom. The molecule has 2 heterocycles. The molecule has 0 radical (unpaired) electrons. The molecule has 7 heteroatoms. The van der Waals surface area contributed by atoms with Crippen LogP contribution in [-0.4, -0.2) is 27.8 Å². The van der Waals surface area contributed by atoms with E-state index in [1.54, 1.807) is 36.7 Å². The van der Waals surface area contributed by atoms with Crippen LogP contribution in [0.1, 0.15) is 5.56 Å². The number of rotatable bonds is 3. The Balaban J connectivity index is 1.84. The molecule has 104 valence electrons. The predicted octanol–water partition coefficient (Wildman–Crippen LogP) is 1.77. The van der Waals surface area contributed by atoms with Crippen molar-refractivity contribution in [2.75, 3.05) is 0 Å². The lowest BCUT2D eigenvalue weighted by molar-refractivity contribution is -0.120. The molecule has 0 bridgehead atoms. The molecule has 1 aliphatic rings. The van der Waals surface area contributed by atoms with Crippen molar-refractivity contribution in [1.82, 2.24) is 10.4 Å². The summed E-state index contributed by atoms with van der Waals surface area (Å²) in [4.78, 5) is 15.8. The number of hydrogen-bond donors (Lipinski definition) is 2. The van der Waals surface area contributed by atoms with Gasteiger partial charge >= 0.3 is 0 Å². The minimum absolute atomic E-state index is 0.144. The van der Waals surface area contributed by atoms with Gasteiger partial charge in [0.15, 0.2) is 6.04 Å². The molecule has 0 saturated carbocycles. The monoisotopic (exact) mass is 281 g/mol. The van der Waals surface area contributed by atoms with Crippen LogP contribution in [0.5, 0.6) is 5.75 Å². The summed E-state index contributed by atoms with van der Waals surface area (Å²) in [6.45, 7) is 0. The van der Waals surface area contributed by atoms with Gasteiger partial charge in [-0.05, 0) is 36.4 Å². The maximum absolute atomic E-state index is 11.8. The van der Waals surface area contributed by atoms with Crippen molar-refractivity contribution in [3.8, 4) is 5.75 Å². The fourth-order valence-corrected chi connectivity index (χ4v) is 1.85. The van der Waals surface area contributed by atoms with Gasteiger partial charge in [-0.1, -0.05) is 0 Å². The third-order valence-electron chi connectivity index (χ3n) is 2.89. The number of aromatic hydroxyl groups is 1. The summed E-state index contributed by atoms with van der Waals surface area (Å²) in [5, 5.41) is 21.2. The Morgan fingerprint density at radius 1 is 1.19 bits per heavy atom. The Labute approximate surface area is 120 Å². The fraction of sp³-hybridized carbons (Fsp3) is 0.0714. The van der Waals surface area contributed by atoms with E-state index in [2.05, 4.69) is 25.7 Å². The van der Waals surface area contributed by atoms with Crippen LogP contribution in [0.25, 0.3) is 0 Å². The Bertz CT molecular complexity index is 710. The highest BCUT2D eigenvalue weighted by molar-refractivity contribution is 6.19. The van der Waals surface area contributed by atoms with E-state index in [9.17, 15) is 9.90 Å². The first-order chi connectivity index (χ1) is 10.2. The summed E-state index contributed by atoms with van der Waals surface area (Å²) in [6, 6.07) is 8.96. The van der Waals surface area contributed by atoms with Crippen molar-refractivity contribution >= 4 is 17.3 Å². The summed E-state index contributed by atoms with van der Waals surface area (Å²) in [5.74, 6) is -0.193. The molecule has 1 amide bonds. The van der Waals surface area contributed by atoms with Crippen molar-refractivity contribution in [1.29, 1.82) is 0 Å². The van der Waals surface area contributed by atoms with Crippen molar-refractivity contribution in [3.05, 3.63) is 54.4 Å². The number of benzene rings is 1. The first kappa shape index (κ1) is 12.9. The molecule has 0 spiro atoms. The first-order valence-electron chi connectivity index (χ1n) is 6.22. The van der Waals surface area contributed by atoms with Crippen LogP contribution in [0.15, 0.2) is 64.1 Å². The average molecular weight is 281 g/mol. The summed E-state index contributed by atoms with van der Waals surface area (Å²) in [7, 11) is 0. The van der Waals surface area contributed by atoms with E-state index in [4.69, 9.17) is 0 Å². The second kappa shape index (κ2) is 5.49. The van der Waals surface area contributed by atoms with Gasteiger partial charge in [0.1, 0.15) is 11.5 Å². The molecule has 0 fully saturated rings. The highest BCUT2D eigenvalue weighted by Gasteiger charge is 2.31. The van der Waals surface area contributed by atoms with Gasteiger partial charge in [0.2, 0.25) is 0 Å². The van der Waals surface area contributed by atoms with E-state index in [1.165, 1.54) is 12.1 Å². The van der Waals surface area contributed by atoms with Gasteiger partial charge < -0.3 is 5.11 Å². The Kier molecular flexibility index (Phi) is 3.38. The highest BCUT2D eigenvalue weighted by atomic mass is 16.3. The minimum Gasteiger partial charge on any atom is -0.508 e. The zero-order valence-corrected chi connectivity index (χ0v) is 10.8. The van der Waals surface area contributed by atoms with Gasteiger partial charge in [0.05, 0.1) is 5.69 Å². The number of nitrogens with zero attached hydrogens (tertiary/aromatic N) is 4. The summed E-state index contributed by atoms with van der Waals surface area (Å²) in [6.07, 6.45) is 3.25. The second-order valence-electron chi connectivity index (χ2n) is 4.35. The van der Waals surface area contributed by atoms with Crippen LogP contribution in [0.4, 0.5) is 5.69 Å². The van der Waals surface area contributed by atoms with E-state index in [0.29, 0.717) is 17.0 Å². The standard InChI is InChI=1S/C14H11N5O2/c20-11-5-3-10(4-6-11)16-18-13-12(17-19-14(13)21)9-2-1-7-15-8-9/h1-8,13,20H,(H,19,21). The number of amides is 1. The number of pyridine rings is 1. The molecule has 1 aliphatic heterocycles. The summed E-state index contributed by atoms with van der Waals surface area (Å²) < 4.78 is 0. The van der Waals surface area contributed by atoms with E-state index < -0.39 is 6.04 Å². The lowest BCUT2D eigenvalue weighted by Crippen LogP contribution is -2.27. The molecule has 3 rings (SSSR count). The van der Waals surface area contributed by atoms with Gasteiger partial charge in [-0.15, -0.1) is 0 Å². The van der Waals surface area contributed by atoms with Gasteiger partial charge in [0, 0.05) is 18.0 Å². The molecule has 0 saturated heterocycles. The average Bonchev–Trinajstić information content (AvgIpc) is 2.89. The number of azo groups is 1. The molecular formula is C14H11N5O2. The number of aromatic nitrogens is 1. The normalized spacial score (nSPS) is 17.8. The number of hydrazone groups is 1. The number of phenolic OH excluding ortho intramolecular Hbond substituents is 1. The van der Waals surface area contributed by atoms with Crippen molar-refractivity contribution in [3.63, 3.8) is 0 Å². The zero-order valence-electron chi connectivity index (χ0n) is 10.8. The minimum atomic E-state index is -0.803. The van der Waals surface area contributed by atoms with Gasteiger partial charge in [0.25, 0.3) is 5.91 Å². The predicted molar refractivity (Wildman–Crippen MR) is 75.3 cm³/mol. The molecule has 1 atom stereocenters. The maximum atomic E-state index is 11.8. The van der Waals surface area contributed by atoms with Crippen molar-refractivity contribution < 1.29 is 9.90 Å². The van der Waals surface area contributed by atoms with Gasteiger partial charge in [-0.3, -0.25) is 9.78 Å². The number of carbonyl (C=O) groups excluding carboxylic acids is 1. The molecule has 7 nitrogen and oxygen atoms in total. The number of phenols is 1. The van der Waals surface area contributed by atoms with Crippen LogP contribution in [-0.2, 0) is 4.79 Å². The SMILES string of the molecule is O=C1NN=C(c2cccnc2)C1N=Nc1ccc(O)cc1.